The van der Waals surface area contributed by atoms with E-state index in [4.69, 9.17) is 9.57 Å². The minimum absolute atomic E-state index is 0.000993. The molecule has 1 aliphatic rings. The van der Waals surface area contributed by atoms with Crippen molar-refractivity contribution in [3.63, 3.8) is 0 Å². The van der Waals surface area contributed by atoms with E-state index in [0.29, 0.717) is 5.56 Å². The summed E-state index contributed by atoms with van der Waals surface area (Å²) in [6.45, 7) is 6.14. The summed E-state index contributed by atoms with van der Waals surface area (Å²) in [5.74, 6) is -0.955. The van der Waals surface area contributed by atoms with Crippen LogP contribution in [0, 0.1) is 0 Å². The maximum absolute atomic E-state index is 12.2. The lowest BCUT2D eigenvalue weighted by Crippen LogP contribution is -2.74. The van der Waals surface area contributed by atoms with Gasteiger partial charge in [-0.2, -0.15) is 0 Å². The Bertz CT molecular complexity index is 695. The Hall–Kier alpha value is -2.65. The number of carbonyl (C=O) groups excluding carboxylic acids is 3. The molecule has 1 aromatic rings. The molecule has 1 saturated heterocycles. The summed E-state index contributed by atoms with van der Waals surface area (Å²) < 4.78 is 9.94. The van der Waals surface area contributed by atoms with Crippen LogP contribution in [0.4, 0.5) is 4.79 Å². The Balaban J connectivity index is 1.95. The van der Waals surface area contributed by atoms with Gasteiger partial charge in [0.05, 0.1) is 19.2 Å². The molecule has 2 N–H and O–H groups in total. The summed E-state index contributed by atoms with van der Waals surface area (Å²) in [6, 6.07) is 8.54. The number of hydrogen-bond acceptors (Lipinski definition) is 8. The lowest BCUT2D eigenvalue weighted by molar-refractivity contribution is -0.139. The lowest BCUT2D eigenvalue weighted by Gasteiger charge is -2.49. The summed E-state index contributed by atoms with van der Waals surface area (Å²) in [5, 5.41) is 2.94. The number of esters is 1. The molecule has 0 aliphatic carbocycles. The number of hydroxylamine groups is 1. The summed E-state index contributed by atoms with van der Waals surface area (Å²) >= 11 is 0. The van der Waals surface area contributed by atoms with Crippen LogP contribution in [0.5, 0.6) is 0 Å². The molecule has 1 aliphatic heterocycles. The first-order chi connectivity index (χ1) is 13.1. The zero-order valence-electron chi connectivity index (χ0n) is 16.6. The zero-order valence-corrected chi connectivity index (χ0v) is 16.6. The van der Waals surface area contributed by atoms with E-state index in [2.05, 4.69) is 15.5 Å². The van der Waals surface area contributed by atoms with Gasteiger partial charge in [0.2, 0.25) is 0 Å². The number of benzene rings is 1. The quantitative estimate of drug-likeness (QED) is 0.403. The first-order valence-electron chi connectivity index (χ1n) is 8.93. The predicted octanol–water partition coefficient (Wildman–Crippen LogP) is 1.10. The lowest BCUT2D eigenvalue weighted by atomic mass is 9.91. The van der Waals surface area contributed by atoms with Gasteiger partial charge in [-0.3, -0.25) is 4.79 Å². The molecule has 2 rings (SSSR count). The van der Waals surface area contributed by atoms with Crippen LogP contribution in [0.3, 0.4) is 0 Å². The molecule has 1 heterocycles. The van der Waals surface area contributed by atoms with Crippen LogP contribution in [0.15, 0.2) is 30.3 Å². The number of methoxy groups -OCH3 is 1. The van der Waals surface area contributed by atoms with Crippen molar-refractivity contribution in [2.75, 3.05) is 33.3 Å². The molecule has 1 amide bonds. The third-order valence-corrected chi connectivity index (χ3v) is 3.97. The highest BCUT2D eigenvalue weighted by Gasteiger charge is 2.47. The molecule has 0 unspecified atom stereocenters. The molecule has 1 aromatic carbocycles. The molecule has 9 heteroatoms. The zero-order chi connectivity index (χ0) is 20.8. The highest BCUT2D eigenvalue weighted by molar-refractivity contribution is 5.89. The number of rotatable bonds is 7. The van der Waals surface area contributed by atoms with Gasteiger partial charge in [0, 0.05) is 19.6 Å². The fourth-order valence-corrected chi connectivity index (χ4v) is 2.62. The number of hydrogen-bond donors (Lipinski definition) is 2. The van der Waals surface area contributed by atoms with E-state index in [-0.39, 0.29) is 26.2 Å². The minimum Gasteiger partial charge on any atom is -0.468 e. The third-order valence-electron chi connectivity index (χ3n) is 3.97. The highest BCUT2D eigenvalue weighted by atomic mass is 16.7. The Morgan fingerprint density at radius 1 is 1.14 bits per heavy atom. The second kappa shape index (κ2) is 9.03. The maximum Gasteiger partial charge on any atom is 0.410 e. The van der Waals surface area contributed by atoms with E-state index in [9.17, 15) is 14.4 Å². The minimum atomic E-state index is -0.741. The van der Waals surface area contributed by atoms with Crippen LogP contribution >= 0.6 is 0 Å². The standard InChI is InChI=1S/C19H27N3O6/c1-18(2,3)27-17(25)22-12-19(13-22,11-20-10-15(23)26-4)21-28-16(24)14-8-6-5-7-9-14/h5-9,20-21H,10-13H2,1-4H3. The van der Waals surface area contributed by atoms with Crippen molar-refractivity contribution in [1.82, 2.24) is 15.7 Å². The van der Waals surface area contributed by atoms with Gasteiger partial charge in [0.1, 0.15) is 11.1 Å². The van der Waals surface area contributed by atoms with Crippen molar-refractivity contribution in [3.8, 4) is 0 Å². The molecule has 28 heavy (non-hydrogen) atoms. The van der Waals surface area contributed by atoms with Gasteiger partial charge >= 0.3 is 18.0 Å². The van der Waals surface area contributed by atoms with Crippen molar-refractivity contribution < 1.29 is 28.7 Å². The van der Waals surface area contributed by atoms with Gasteiger partial charge < -0.3 is 24.5 Å². The van der Waals surface area contributed by atoms with E-state index >= 15 is 0 Å². The van der Waals surface area contributed by atoms with Crippen molar-refractivity contribution in [3.05, 3.63) is 35.9 Å². The largest absolute Gasteiger partial charge is 0.468 e. The fourth-order valence-electron chi connectivity index (χ4n) is 2.62. The Morgan fingerprint density at radius 3 is 2.36 bits per heavy atom. The van der Waals surface area contributed by atoms with Crippen LogP contribution in [0.2, 0.25) is 0 Å². The molecule has 0 spiro atoms. The summed E-state index contributed by atoms with van der Waals surface area (Å²) in [6.07, 6.45) is -0.452. The van der Waals surface area contributed by atoms with Crippen LogP contribution in [-0.2, 0) is 19.1 Å². The molecule has 0 atom stereocenters. The molecule has 0 bridgehead atoms. The van der Waals surface area contributed by atoms with Gasteiger partial charge in [-0.25, -0.2) is 9.59 Å². The molecule has 0 radical (unpaired) electrons. The molecular formula is C19H27N3O6. The number of likely N-dealkylation sites (tertiary alicyclic amines) is 1. The van der Waals surface area contributed by atoms with Crippen LogP contribution < -0.4 is 10.8 Å². The Morgan fingerprint density at radius 2 is 1.79 bits per heavy atom. The van der Waals surface area contributed by atoms with Gasteiger partial charge in [-0.1, -0.05) is 18.2 Å². The van der Waals surface area contributed by atoms with Gasteiger partial charge in [-0.15, -0.1) is 5.48 Å². The van der Waals surface area contributed by atoms with Gasteiger partial charge in [0.25, 0.3) is 0 Å². The van der Waals surface area contributed by atoms with E-state index in [0.717, 1.165) is 0 Å². The van der Waals surface area contributed by atoms with E-state index in [1.54, 1.807) is 51.1 Å². The van der Waals surface area contributed by atoms with Crippen molar-refractivity contribution in [1.29, 1.82) is 0 Å². The molecule has 9 nitrogen and oxygen atoms in total. The highest BCUT2D eigenvalue weighted by Crippen LogP contribution is 2.23. The summed E-state index contributed by atoms with van der Waals surface area (Å²) in [7, 11) is 1.30. The van der Waals surface area contributed by atoms with E-state index in [1.807, 2.05) is 0 Å². The first kappa shape index (κ1) is 21.6. The molecule has 154 valence electrons. The topological polar surface area (TPSA) is 106 Å². The van der Waals surface area contributed by atoms with Crippen molar-refractivity contribution in [2.45, 2.75) is 31.9 Å². The molecular weight excluding hydrogens is 366 g/mol. The molecule has 0 aromatic heterocycles. The smallest absolute Gasteiger partial charge is 0.410 e. The SMILES string of the molecule is COC(=O)CNCC1(NOC(=O)c2ccccc2)CN(C(=O)OC(C)(C)C)C1. The first-order valence-corrected chi connectivity index (χ1v) is 8.93. The summed E-state index contributed by atoms with van der Waals surface area (Å²) in [5.41, 5.74) is 1.81. The van der Waals surface area contributed by atoms with Crippen LogP contribution in [0.25, 0.3) is 0 Å². The number of amides is 1. The average Bonchev–Trinajstić information content (AvgIpc) is 2.61. The maximum atomic E-state index is 12.2. The predicted molar refractivity (Wildman–Crippen MR) is 100 cm³/mol. The van der Waals surface area contributed by atoms with E-state index in [1.165, 1.54) is 12.0 Å². The fraction of sp³-hybridized carbons (Fsp3) is 0.526. The van der Waals surface area contributed by atoms with Gasteiger partial charge in [0.15, 0.2) is 0 Å². The third kappa shape index (κ3) is 6.21. The number of nitrogens with one attached hydrogen (secondary N) is 2. The van der Waals surface area contributed by atoms with Crippen LogP contribution in [-0.4, -0.2) is 67.4 Å². The van der Waals surface area contributed by atoms with Gasteiger partial charge in [-0.05, 0) is 32.9 Å². The Kier molecular flexibility index (Phi) is 6.98. The number of carbonyl (C=O) groups is 3. The van der Waals surface area contributed by atoms with Crippen molar-refractivity contribution >= 4 is 18.0 Å². The van der Waals surface area contributed by atoms with Crippen LogP contribution in [0.1, 0.15) is 31.1 Å². The normalized spacial score (nSPS) is 15.4. The molecule has 1 fully saturated rings. The van der Waals surface area contributed by atoms with E-state index < -0.39 is 29.2 Å². The second-order valence-corrected chi connectivity index (χ2v) is 7.65. The summed E-state index contributed by atoms with van der Waals surface area (Å²) in [4.78, 5) is 42.4. The molecule has 0 saturated carbocycles. The second-order valence-electron chi connectivity index (χ2n) is 7.65. The number of ether oxygens (including phenoxy) is 2. The van der Waals surface area contributed by atoms with Crippen molar-refractivity contribution in [2.24, 2.45) is 0 Å². The number of nitrogens with zero attached hydrogens (tertiary/aromatic N) is 1. The average molecular weight is 393 g/mol. The monoisotopic (exact) mass is 393 g/mol. The Labute approximate surface area is 164 Å².